The van der Waals surface area contributed by atoms with E-state index in [4.69, 9.17) is 5.73 Å². The van der Waals surface area contributed by atoms with Gasteiger partial charge in [0.2, 0.25) is 5.91 Å². The van der Waals surface area contributed by atoms with E-state index in [-0.39, 0.29) is 11.9 Å². The zero-order valence-corrected chi connectivity index (χ0v) is 9.38. The molecule has 1 aromatic rings. The zero-order chi connectivity index (χ0) is 10.6. The van der Waals surface area contributed by atoms with Crippen LogP contribution in [0.2, 0.25) is 0 Å². The summed E-state index contributed by atoms with van der Waals surface area (Å²) in [5.41, 5.74) is 5.93. The van der Waals surface area contributed by atoms with Crippen LogP contribution in [-0.2, 0) is 4.79 Å². The average Bonchev–Trinajstić information content (AvgIpc) is 2.66. The summed E-state index contributed by atoms with van der Waals surface area (Å²) in [5, 5.41) is 2.00. The summed E-state index contributed by atoms with van der Waals surface area (Å²) < 4.78 is 0. The molecule has 1 amide bonds. The fourth-order valence-electron chi connectivity index (χ4n) is 1.15. The Morgan fingerprint density at radius 1 is 1.64 bits per heavy atom. The van der Waals surface area contributed by atoms with Gasteiger partial charge in [-0.1, -0.05) is 6.07 Å². The third-order valence-corrected chi connectivity index (χ3v) is 3.08. The zero-order valence-electron chi connectivity index (χ0n) is 8.56. The van der Waals surface area contributed by atoms with Crippen LogP contribution in [0.1, 0.15) is 23.8 Å². The molecule has 1 rings (SSSR count). The Morgan fingerprint density at radius 2 is 2.36 bits per heavy atom. The molecule has 14 heavy (non-hydrogen) atoms. The van der Waals surface area contributed by atoms with Crippen molar-refractivity contribution in [1.29, 1.82) is 0 Å². The van der Waals surface area contributed by atoms with E-state index >= 15 is 0 Å². The van der Waals surface area contributed by atoms with Crippen LogP contribution in [-0.4, -0.2) is 24.9 Å². The first-order chi connectivity index (χ1) is 6.61. The van der Waals surface area contributed by atoms with Gasteiger partial charge in [-0.15, -0.1) is 11.3 Å². The van der Waals surface area contributed by atoms with Crippen LogP contribution in [0.15, 0.2) is 17.5 Å². The van der Waals surface area contributed by atoms with Crippen LogP contribution in [0.3, 0.4) is 0 Å². The highest BCUT2D eigenvalue weighted by Crippen LogP contribution is 2.20. The molecule has 0 saturated heterocycles. The Hall–Kier alpha value is -0.870. The highest BCUT2D eigenvalue weighted by Gasteiger charge is 2.10. The number of rotatable bonds is 4. The topological polar surface area (TPSA) is 46.3 Å². The lowest BCUT2D eigenvalue weighted by Gasteiger charge is -2.12. The molecule has 0 radical (unpaired) electrons. The fourth-order valence-corrected chi connectivity index (χ4v) is 1.91. The van der Waals surface area contributed by atoms with Gasteiger partial charge in [-0.25, -0.2) is 0 Å². The Bertz CT molecular complexity index is 282. The molecule has 3 nitrogen and oxygen atoms in total. The monoisotopic (exact) mass is 212 g/mol. The Balaban J connectivity index is 2.36. The normalized spacial score (nSPS) is 12.5. The lowest BCUT2D eigenvalue weighted by molar-refractivity contribution is -0.128. The number of thiophene rings is 1. The highest BCUT2D eigenvalue weighted by molar-refractivity contribution is 7.10. The van der Waals surface area contributed by atoms with E-state index in [0.717, 1.165) is 11.3 Å². The SMILES string of the molecule is CN(C)C(=O)CCC(N)c1cccs1. The van der Waals surface area contributed by atoms with E-state index in [1.807, 2.05) is 17.5 Å². The highest BCUT2D eigenvalue weighted by atomic mass is 32.1. The molecule has 1 atom stereocenters. The minimum atomic E-state index is -0.00102. The number of hydrogen-bond acceptors (Lipinski definition) is 3. The molecule has 0 aromatic carbocycles. The molecule has 78 valence electrons. The van der Waals surface area contributed by atoms with Crippen molar-refractivity contribution < 1.29 is 4.79 Å². The summed E-state index contributed by atoms with van der Waals surface area (Å²) in [6.45, 7) is 0. The van der Waals surface area contributed by atoms with Crippen molar-refractivity contribution in [2.24, 2.45) is 5.73 Å². The quantitative estimate of drug-likeness (QED) is 0.824. The number of carbonyl (C=O) groups is 1. The molecule has 0 spiro atoms. The Labute approximate surface area is 88.5 Å². The largest absolute Gasteiger partial charge is 0.349 e. The van der Waals surface area contributed by atoms with Gasteiger partial charge in [0.25, 0.3) is 0 Å². The van der Waals surface area contributed by atoms with Crippen molar-refractivity contribution >= 4 is 17.2 Å². The second-order valence-electron chi connectivity index (χ2n) is 3.45. The van der Waals surface area contributed by atoms with Gasteiger partial charge in [-0.05, 0) is 17.9 Å². The number of nitrogens with two attached hydrogens (primary N) is 1. The molecule has 0 fully saturated rings. The molecule has 2 N–H and O–H groups in total. The molecule has 0 bridgehead atoms. The minimum absolute atomic E-state index is 0.00102. The van der Waals surface area contributed by atoms with Gasteiger partial charge in [-0.2, -0.15) is 0 Å². The second kappa shape index (κ2) is 5.12. The first-order valence-electron chi connectivity index (χ1n) is 4.60. The average molecular weight is 212 g/mol. The molecule has 1 unspecified atom stereocenters. The molecule has 1 aromatic heterocycles. The molecule has 0 saturated carbocycles. The van der Waals surface area contributed by atoms with Crippen molar-refractivity contribution in [2.75, 3.05) is 14.1 Å². The van der Waals surface area contributed by atoms with E-state index in [9.17, 15) is 4.79 Å². The molecule has 4 heteroatoms. The predicted molar refractivity (Wildman–Crippen MR) is 59.2 cm³/mol. The van der Waals surface area contributed by atoms with Crippen LogP contribution in [0.5, 0.6) is 0 Å². The molecule has 0 aliphatic rings. The summed E-state index contributed by atoms with van der Waals surface area (Å²) in [6, 6.07) is 3.99. The smallest absolute Gasteiger partial charge is 0.222 e. The van der Waals surface area contributed by atoms with Crippen LogP contribution in [0.25, 0.3) is 0 Å². The van der Waals surface area contributed by atoms with Gasteiger partial charge in [0.1, 0.15) is 0 Å². The minimum Gasteiger partial charge on any atom is -0.349 e. The van der Waals surface area contributed by atoms with Gasteiger partial charge >= 0.3 is 0 Å². The molecular formula is C10H16N2OS. The summed E-state index contributed by atoms with van der Waals surface area (Å²) in [7, 11) is 3.53. The van der Waals surface area contributed by atoms with Crippen LogP contribution >= 0.6 is 11.3 Å². The van der Waals surface area contributed by atoms with Crippen molar-refractivity contribution in [2.45, 2.75) is 18.9 Å². The van der Waals surface area contributed by atoms with Crippen molar-refractivity contribution in [3.63, 3.8) is 0 Å². The van der Waals surface area contributed by atoms with Gasteiger partial charge in [0, 0.05) is 31.4 Å². The van der Waals surface area contributed by atoms with Crippen LogP contribution in [0, 0.1) is 0 Å². The fraction of sp³-hybridized carbons (Fsp3) is 0.500. The number of carbonyl (C=O) groups excluding carboxylic acids is 1. The maximum atomic E-state index is 11.3. The number of hydrogen-bond donors (Lipinski definition) is 1. The Morgan fingerprint density at radius 3 is 2.86 bits per heavy atom. The van der Waals surface area contributed by atoms with E-state index < -0.39 is 0 Å². The standard InChI is InChI=1S/C10H16N2OS/c1-12(2)10(13)6-5-8(11)9-4-3-7-14-9/h3-4,7-8H,5-6,11H2,1-2H3. The summed E-state index contributed by atoms with van der Waals surface area (Å²) in [6.07, 6.45) is 1.24. The summed E-state index contributed by atoms with van der Waals surface area (Å²) in [5.74, 6) is 0.136. The molecule has 0 aliphatic heterocycles. The predicted octanol–water partition coefficient (Wildman–Crippen LogP) is 1.62. The number of nitrogens with zero attached hydrogens (tertiary/aromatic N) is 1. The third kappa shape index (κ3) is 3.12. The summed E-state index contributed by atoms with van der Waals surface area (Å²) >= 11 is 1.64. The number of amides is 1. The first-order valence-corrected chi connectivity index (χ1v) is 5.48. The van der Waals surface area contributed by atoms with Gasteiger partial charge in [-0.3, -0.25) is 4.79 Å². The van der Waals surface area contributed by atoms with Crippen molar-refractivity contribution in [3.05, 3.63) is 22.4 Å². The second-order valence-corrected chi connectivity index (χ2v) is 4.43. The Kier molecular flexibility index (Phi) is 4.10. The lowest BCUT2D eigenvalue weighted by Crippen LogP contribution is -2.22. The molecular weight excluding hydrogens is 196 g/mol. The lowest BCUT2D eigenvalue weighted by atomic mass is 10.1. The van der Waals surface area contributed by atoms with Gasteiger partial charge in [0.15, 0.2) is 0 Å². The van der Waals surface area contributed by atoms with E-state index in [0.29, 0.717) is 6.42 Å². The maximum Gasteiger partial charge on any atom is 0.222 e. The first kappa shape index (κ1) is 11.2. The maximum absolute atomic E-state index is 11.3. The van der Waals surface area contributed by atoms with Gasteiger partial charge < -0.3 is 10.6 Å². The van der Waals surface area contributed by atoms with Crippen molar-refractivity contribution in [3.8, 4) is 0 Å². The van der Waals surface area contributed by atoms with E-state index in [1.165, 1.54) is 0 Å². The van der Waals surface area contributed by atoms with Crippen LogP contribution < -0.4 is 5.73 Å². The van der Waals surface area contributed by atoms with E-state index in [2.05, 4.69) is 0 Å². The molecule has 1 heterocycles. The van der Waals surface area contributed by atoms with Crippen molar-refractivity contribution in [1.82, 2.24) is 4.90 Å². The van der Waals surface area contributed by atoms with Gasteiger partial charge in [0.05, 0.1) is 0 Å². The third-order valence-electron chi connectivity index (χ3n) is 2.08. The van der Waals surface area contributed by atoms with E-state index in [1.54, 1.807) is 30.3 Å². The van der Waals surface area contributed by atoms with Crippen LogP contribution in [0.4, 0.5) is 0 Å². The molecule has 0 aliphatic carbocycles. The summed E-state index contributed by atoms with van der Waals surface area (Å²) in [4.78, 5) is 14.0.